The summed E-state index contributed by atoms with van der Waals surface area (Å²) >= 11 is 0. The number of Topliss-reactive ketones (excluding diaryl/α,β-unsaturated/α-hetero) is 3. The number of carbonyl (C=O) groups is 4. The van der Waals surface area contributed by atoms with E-state index in [1.807, 2.05) is 0 Å². The molecule has 0 amide bonds. The van der Waals surface area contributed by atoms with Crippen molar-refractivity contribution in [2.24, 2.45) is 0 Å². The SMILES string of the molecule is O=C1O[C@](C(=O)c2ccccc2)([C@](O)(C(=O)c2ccccc2)C(O)C(=O)c2ccccc2)C(O)=C1O. The highest BCUT2D eigenvalue weighted by Crippen LogP contribution is 2.45. The van der Waals surface area contributed by atoms with Crippen molar-refractivity contribution in [2.45, 2.75) is 17.3 Å². The Hall–Kier alpha value is -4.60. The molecule has 1 aliphatic heterocycles. The molecule has 0 saturated heterocycles. The molecule has 0 aromatic heterocycles. The minimum absolute atomic E-state index is 0.149. The molecule has 1 heterocycles. The Labute approximate surface area is 204 Å². The Bertz CT molecular complexity index is 1370. The summed E-state index contributed by atoms with van der Waals surface area (Å²) in [5.41, 5.74) is -7.70. The van der Waals surface area contributed by atoms with E-state index in [1.165, 1.54) is 72.8 Å². The lowest BCUT2D eigenvalue weighted by Crippen LogP contribution is -2.71. The molecule has 0 fully saturated rings. The molecule has 0 bridgehead atoms. The van der Waals surface area contributed by atoms with E-state index >= 15 is 0 Å². The predicted molar refractivity (Wildman–Crippen MR) is 124 cm³/mol. The van der Waals surface area contributed by atoms with E-state index in [9.17, 15) is 39.6 Å². The molecule has 1 unspecified atom stereocenters. The van der Waals surface area contributed by atoms with Crippen LogP contribution in [0.4, 0.5) is 0 Å². The quantitative estimate of drug-likeness (QED) is 0.276. The van der Waals surface area contributed by atoms with Gasteiger partial charge in [-0.15, -0.1) is 0 Å². The number of hydrogen-bond donors (Lipinski definition) is 4. The molecule has 0 spiro atoms. The number of cyclic esters (lactones) is 1. The molecular weight excluding hydrogens is 468 g/mol. The molecule has 36 heavy (non-hydrogen) atoms. The molecule has 0 radical (unpaired) electrons. The standard InChI is InChI=1S/C27H20O9/c28-19(16-10-4-1-5-11-16)23(32)26(35,21(30)17-12-6-2-7-13-17)27(24(33)20(29)25(34)36-27)22(31)18-14-8-3-9-15-18/h1-15,23,29,32-33,35H/t23?,26-,27-/m0/s1. The van der Waals surface area contributed by atoms with E-state index in [2.05, 4.69) is 0 Å². The predicted octanol–water partition coefficient (Wildman–Crippen LogP) is 2.35. The van der Waals surface area contributed by atoms with Crippen molar-refractivity contribution in [3.63, 3.8) is 0 Å². The van der Waals surface area contributed by atoms with Crippen molar-refractivity contribution in [2.75, 3.05) is 0 Å². The van der Waals surface area contributed by atoms with Crippen LogP contribution in [-0.4, -0.2) is 61.1 Å². The van der Waals surface area contributed by atoms with Crippen molar-refractivity contribution < 1.29 is 44.3 Å². The first-order valence-electron chi connectivity index (χ1n) is 10.7. The maximum absolute atomic E-state index is 13.8. The number of carbonyl (C=O) groups excluding carboxylic acids is 4. The van der Waals surface area contributed by atoms with Crippen LogP contribution < -0.4 is 0 Å². The van der Waals surface area contributed by atoms with Crippen LogP contribution in [0.2, 0.25) is 0 Å². The molecular formula is C27H20O9. The normalized spacial score (nSPS) is 19.8. The third-order valence-electron chi connectivity index (χ3n) is 5.97. The third kappa shape index (κ3) is 3.58. The maximum Gasteiger partial charge on any atom is 0.378 e. The zero-order valence-corrected chi connectivity index (χ0v) is 18.6. The summed E-state index contributed by atoms with van der Waals surface area (Å²) < 4.78 is 5.06. The lowest BCUT2D eigenvalue weighted by Gasteiger charge is -2.42. The molecule has 4 rings (SSSR count). The second kappa shape index (κ2) is 9.21. The average Bonchev–Trinajstić information content (AvgIpc) is 3.17. The Morgan fingerprint density at radius 3 is 1.64 bits per heavy atom. The van der Waals surface area contributed by atoms with Crippen LogP contribution in [0.5, 0.6) is 0 Å². The van der Waals surface area contributed by atoms with Gasteiger partial charge in [0.05, 0.1) is 0 Å². The third-order valence-corrected chi connectivity index (χ3v) is 5.97. The summed E-state index contributed by atoms with van der Waals surface area (Å²) in [6.07, 6.45) is -2.74. The Kier molecular flexibility index (Phi) is 6.28. The van der Waals surface area contributed by atoms with Crippen LogP contribution in [0.1, 0.15) is 31.1 Å². The summed E-state index contributed by atoms with van der Waals surface area (Å²) in [6, 6.07) is 20.8. The van der Waals surface area contributed by atoms with E-state index in [0.29, 0.717) is 0 Å². The lowest BCUT2D eigenvalue weighted by molar-refractivity contribution is -0.172. The highest BCUT2D eigenvalue weighted by molar-refractivity contribution is 6.19. The molecule has 0 aliphatic carbocycles. The van der Waals surface area contributed by atoms with Gasteiger partial charge in [0, 0.05) is 16.7 Å². The molecule has 182 valence electrons. The number of aliphatic hydroxyl groups excluding tert-OH is 3. The first-order chi connectivity index (χ1) is 17.2. The van der Waals surface area contributed by atoms with Crippen molar-refractivity contribution >= 4 is 23.3 Å². The van der Waals surface area contributed by atoms with E-state index in [4.69, 9.17) is 4.74 Å². The number of esters is 1. The van der Waals surface area contributed by atoms with Crippen LogP contribution in [0.15, 0.2) is 103 Å². The van der Waals surface area contributed by atoms with Gasteiger partial charge in [0.25, 0.3) is 5.60 Å². The highest BCUT2D eigenvalue weighted by Gasteiger charge is 2.74. The van der Waals surface area contributed by atoms with Gasteiger partial charge in [-0.3, -0.25) is 14.4 Å². The minimum Gasteiger partial charge on any atom is -0.504 e. The lowest BCUT2D eigenvalue weighted by atomic mass is 9.67. The van der Waals surface area contributed by atoms with Gasteiger partial charge in [-0.1, -0.05) is 91.0 Å². The number of rotatable bonds is 8. The second-order valence-corrected chi connectivity index (χ2v) is 8.06. The molecule has 0 saturated carbocycles. The Morgan fingerprint density at radius 1 is 0.750 bits per heavy atom. The van der Waals surface area contributed by atoms with Gasteiger partial charge in [0.15, 0.2) is 17.6 Å². The van der Waals surface area contributed by atoms with E-state index < -0.39 is 52.1 Å². The van der Waals surface area contributed by atoms with Gasteiger partial charge in [-0.05, 0) is 0 Å². The van der Waals surface area contributed by atoms with Gasteiger partial charge in [0.1, 0.15) is 0 Å². The fourth-order valence-corrected chi connectivity index (χ4v) is 4.11. The van der Waals surface area contributed by atoms with Crippen molar-refractivity contribution in [1.82, 2.24) is 0 Å². The van der Waals surface area contributed by atoms with Crippen molar-refractivity contribution in [1.29, 1.82) is 0 Å². The molecule has 3 aromatic rings. The fourth-order valence-electron chi connectivity index (χ4n) is 4.11. The smallest absolute Gasteiger partial charge is 0.378 e. The monoisotopic (exact) mass is 488 g/mol. The van der Waals surface area contributed by atoms with E-state index in [0.717, 1.165) is 0 Å². The molecule has 1 aliphatic rings. The molecule has 4 N–H and O–H groups in total. The summed E-state index contributed by atoms with van der Waals surface area (Å²) in [4.78, 5) is 53.3. The Balaban J connectivity index is 2.03. The van der Waals surface area contributed by atoms with Crippen LogP contribution in [0.3, 0.4) is 0 Å². The maximum atomic E-state index is 13.8. The number of benzene rings is 3. The summed E-state index contributed by atoms with van der Waals surface area (Å²) in [5.74, 6) is -8.61. The van der Waals surface area contributed by atoms with E-state index in [-0.39, 0.29) is 16.7 Å². The zero-order valence-electron chi connectivity index (χ0n) is 18.6. The average molecular weight is 488 g/mol. The molecule has 3 aromatic carbocycles. The van der Waals surface area contributed by atoms with Gasteiger partial charge in [0.2, 0.25) is 22.9 Å². The fraction of sp³-hybridized carbons (Fsp3) is 0.111. The first kappa shape index (κ1) is 24.5. The van der Waals surface area contributed by atoms with Crippen LogP contribution >= 0.6 is 0 Å². The highest BCUT2D eigenvalue weighted by atomic mass is 16.6. The van der Waals surface area contributed by atoms with Gasteiger partial charge in [-0.2, -0.15) is 0 Å². The van der Waals surface area contributed by atoms with Crippen LogP contribution in [-0.2, 0) is 9.53 Å². The van der Waals surface area contributed by atoms with Gasteiger partial charge >= 0.3 is 5.97 Å². The summed E-state index contributed by atoms with van der Waals surface area (Å²) in [5, 5.41) is 44.3. The minimum atomic E-state index is -3.61. The number of hydrogen-bond acceptors (Lipinski definition) is 9. The molecule has 9 nitrogen and oxygen atoms in total. The number of aliphatic hydroxyl groups is 4. The summed E-state index contributed by atoms with van der Waals surface area (Å²) in [7, 11) is 0. The first-order valence-corrected chi connectivity index (χ1v) is 10.7. The summed E-state index contributed by atoms with van der Waals surface area (Å²) in [6.45, 7) is 0. The van der Waals surface area contributed by atoms with Gasteiger partial charge in [-0.25, -0.2) is 4.79 Å². The van der Waals surface area contributed by atoms with E-state index in [1.54, 1.807) is 18.2 Å². The van der Waals surface area contributed by atoms with Gasteiger partial charge < -0.3 is 25.2 Å². The Morgan fingerprint density at radius 2 is 1.19 bits per heavy atom. The largest absolute Gasteiger partial charge is 0.504 e. The zero-order chi connectivity index (χ0) is 26.1. The molecule has 3 atom stereocenters. The van der Waals surface area contributed by atoms with Crippen LogP contribution in [0, 0.1) is 0 Å². The number of ether oxygens (including phenoxy) is 1. The number of ketones is 3. The topological polar surface area (TPSA) is 158 Å². The van der Waals surface area contributed by atoms with Crippen LogP contribution in [0.25, 0.3) is 0 Å². The molecule has 9 heteroatoms. The van der Waals surface area contributed by atoms with Crippen molar-refractivity contribution in [3.8, 4) is 0 Å². The van der Waals surface area contributed by atoms with Crippen molar-refractivity contribution in [3.05, 3.63) is 119 Å². The second-order valence-electron chi connectivity index (χ2n) is 8.06.